The number of likely N-dealkylation sites (tertiary alicyclic amines) is 1. The summed E-state index contributed by atoms with van der Waals surface area (Å²) in [6.45, 7) is 13.2. The van der Waals surface area contributed by atoms with E-state index in [1.54, 1.807) is 4.52 Å². The summed E-state index contributed by atoms with van der Waals surface area (Å²) in [4.78, 5) is 25.8. The fraction of sp³-hybridized carbons (Fsp3) is 0.667. The van der Waals surface area contributed by atoms with Crippen LogP contribution in [0.4, 0.5) is 0 Å². The van der Waals surface area contributed by atoms with Crippen molar-refractivity contribution in [3.63, 3.8) is 0 Å². The summed E-state index contributed by atoms with van der Waals surface area (Å²) in [5.74, 6) is 1.34. The molecule has 0 unspecified atom stereocenters. The zero-order valence-corrected chi connectivity index (χ0v) is 15.7. The van der Waals surface area contributed by atoms with Crippen molar-refractivity contribution in [2.75, 3.05) is 32.7 Å². The quantitative estimate of drug-likeness (QED) is 0.829. The Hall–Kier alpha value is -2.02. The number of carbonyl (C=O) groups is 1. The van der Waals surface area contributed by atoms with Crippen LogP contribution in [0.25, 0.3) is 5.78 Å². The van der Waals surface area contributed by atoms with Gasteiger partial charge in [-0.25, -0.2) is 9.50 Å². The van der Waals surface area contributed by atoms with Crippen LogP contribution in [0.1, 0.15) is 48.7 Å². The smallest absolute Gasteiger partial charge is 0.293 e. The Labute approximate surface area is 149 Å². The molecule has 1 amide bonds. The van der Waals surface area contributed by atoms with Gasteiger partial charge in [-0.3, -0.25) is 4.79 Å². The Morgan fingerprint density at radius 1 is 1.20 bits per heavy atom. The standard InChI is InChI=1S/C18H28N6O/c1-5-22(6-2)12-15-7-9-23(10-8-15)17(25)16-20-18-19-13(3)11-14(4)24(18)21-16/h11,15H,5-10,12H2,1-4H3. The molecule has 0 aliphatic carbocycles. The third kappa shape index (κ3) is 3.81. The Bertz CT molecular complexity index is 743. The molecule has 3 heterocycles. The van der Waals surface area contributed by atoms with Crippen molar-refractivity contribution in [3.05, 3.63) is 23.3 Å². The van der Waals surface area contributed by atoms with E-state index in [1.165, 1.54) is 0 Å². The fourth-order valence-electron chi connectivity index (χ4n) is 3.56. The summed E-state index contributed by atoms with van der Waals surface area (Å²) >= 11 is 0. The van der Waals surface area contributed by atoms with Crippen molar-refractivity contribution in [1.82, 2.24) is 29.4 Å². The Morgan fingerprint density at radius 2 is 1.88 bits per heavy atom. The van der Waals surface area contributed by atoms with Crippen molar-refractivity contribution in [1.29, 1.82) is 0 Å². The molecule has 3 rings (SSSR count). The summed E-state index contributed by atoms with van der Waals surface area (Å²) in [5.41, 5.74) is 1.82. The van der Waals surface area contributed by atoms with Crippen molar-refractivity contribution in [2.24, 2.45) is 5.92 Å². The minimum absolute atomic E-state index is 0.0798. The third-order valence-corrected chi connectivity index (χ3v) is 5.12. The van der Waals surface area contributed by atoms with Gasteiger partial charge in [-0.05, 0) is 51.8 Å². The van der Waals surface area contributed by atoms with Gasteiger partial charge in [-0.2, -0.15) is 4.98 Å². The monoisotopic (exact) mass is 344 g/mol. The molecule has 0 radical (unpaired) electrons. The first kappa shape index (κ1) is 17.8. The van der Waals surface area contributed by atoms with Gasteiger partial charge in [0.2, 0.25) is 5.82 Å². The molecule has 0 bridgehead atoms. The molecule has 1 aliphatic rings. The molecule has 0 saturated carbocycles. The molecule has 136 valence electrons. The molecule has 0 N–H and O–H groups in total. The summed E-state index contributed by atoms with van der Waals surface area (Å²) < 4.78 is 1.65. The van der Waals surface area contributed by atoms with Gasteiger partial charge in [0.05, 0.1) is 0 Å². The predicted molar refractivity (Wildman–Crippen MR) is 96.7 cm³/mol. The van der Waals surface area contributed by atoms with Crippen LogP contribution < -0.4 is 0 Å². The Morgan fingerprint density at radius 3 is 2.52 bits per heavy atom. The van der Waals surface area contributed by atoms with Gasteiger partial charge in [0.15, 0.2) is 0 Å². The molecule has 0 atom stereocenters. The SMILES string of the molecule is CCN(CC)CC1CCN(C(=O)c2nc3nc(C)cc(C)n3n2)CC1. The molecule has 1 fully saturated rings. The fourth-order valence-corrected chi connectivity index (χ4v) is 3.56. The number of hydrogen-bond donors (Lipinski definition) is 0. The Balaban J connectivity index is 1.66. The van der Waals surface area contributed by atoms with Crippen LogP contribution in [-0.4, -0.2) is 68.0 Å². The van der Waals surface area contributed by atoms with Crippen LogP contribution in [0.3, 0.4) is 0 Å². The number of carbonyl (C=O) groups excluding carboxylic acids is 1. The third-order valence-electron chi connectivity index (χ3n) is 5.12. The molecule has 1 saturated heterocycles. The summed E-state index contributed by atoms with van der Waals surface area (Å²) in [7, 11) is 0. The highest BCUT2D eigenvalue weighted by Gasteiger charge is 2.27. The Kier molecular flexibility index (Phi) is 5.32. The van der Waals surface area contributed by atoms with Crippen LogP contribution >= 0.6 is 0 Å². The maximum atomic E-state index is 12.8. The first-order valence-electron chi connectivity index (χ1n) is 9.24. The largest absolute Gasteiger partial charge is 0.336 e. The first-order chi connectivity index (χ1) is 12.0. The van der Waals surface area contributed by atoms with E-state index in [0.717, 1.165) is 57.0 Å². The van der Waals surface area contributed by atoms with Crippen LogP contribution in [0.2, 0.25) is 0 Å². The van der Waals surface area contributed by atoms with E-state index >= 15 is 0 Å². The number of rotatable bonds is 5. The summed E-state index contributed by atoms with van der Waals surface area (Å²) in [6.07, 6.45) is 2.10. The molecule has 2 aromatic rings. The van der Waals surface area contributed by atoms with E-state index in [4.69, 9.17) is 0 Å². The minimum Gasteiger partial charge on any atom is -0.336 e. The molecule has 7 nitrogen and oxygen atoms in total. The molecule has 7 heteroatoms. The average Bonchev–Trinajstić information content (AvgIpc) is 3.04. The lowest BCUT2D eigenvalue weighted by Crippen LogP contribution is -2.42. The normalized spacial score (nSPS) is 16.1. The maximum absolute atomic E-state index is 12.8. The number of aromatic nitrogens is 4. The van der Waals surface area contributed by atoms with Crippen LogP contribution in [0.15, 0.2) is 6.07 Å². The lowest BCUT2D eigenvalue weighted by Gasteiger charge is -2.33. The van der Waals surface area contributed by atoms with Crippen LogP contribution in [0, 0.1) is 19.8 Å². The molecule has 0 spiro atoms. The van der Waals surface area contributed by atoms with E-state index in [9.17, 15) is 4.79 Å². The van der Waals surface area contributed by atoms with Crippen molar-refractivity contribution >= 4 is 11.7 Å². The molecule has 25 heavy (non-hydrogen) atoms. The topological polar surface area (TPSA) is 66.6 Å². The number of nitrogens with zero attached hydrogens (tertiary/aromatic N) is 6. The van der Waals surface area contributed by atoms with E-state index < -0.39 is 0 Å². The summed E-state index contributed by atoms with van der Waals surface area (Å²) in [6, 6.07) is 1.94. The first-order valence-corrected chi connectivity index (χ1v) is 9.24. The van der Waals surface area contributed by atoms with Gasteiger partial charge in [0, 0.05) is 31.0 Å². The van der Waals surface area contributed by atoms with E-state index in [1.807, 2.05) is 24.8 Å². The second-order valence-electron chi connectivity index (χ2n) is 6.91. The maximum Gasteiger partial charge on any atom is 0.293 e. The van der Waals surface area contributed by atoms with E-state index in [2.05, 4.69) is 33.8 Å². The average molecular weight is 344 g/mol. The second-order valence-corrected chi connectivity index (χ2v) is 6.91. The van der Waals surface area contributed by atoms with E-state index in [-0.39, 0.29) is 11.7 Å². The number of hydrogen-bond acceptors (Lipinski definition) is 5. The number of aryl methyl sites for hydroxylation is 2. The van der Waals surface area contributed by atoms with Crippen molar-refractivity contribution in [3.8, 4) is 0 Å². The minimum atomic E-state index is -0.0798. The highest BCUT2D eigenvalue weighted by atomic mass is 16.2. The van der Waals surface area contributed by atoms with Gasteiger partial charge in [0.1, 0.15) is 0 Å². The van der Waals surface area contributed by atoms with Crippen molar-refractivity contribution in [2.45, 2.75) is 40.5 Å². The molecular weight excluding hydrogens is 316 g/mol. The highest BCUT2D eigenvalue weighted by molar-refractivity contribution is 5.90. The van der Waals surface area contributed by atoms with Crippen LogP contribution in [-0.2, 0) is 0 Å². The van der Waals surface area contributed by atoms with Gasteiger partial charge in [0.25, 0.3) is 11.7 Å². The lowest BCUT2D eigenvalue weighted by atomic mass is 9.96. The zero-order chi connectivity index (χ0) is 18.0. The number of amides is 1. The van der Waals surface area contributed by atoms with Gasteiger partial charge < -0.3 is 9.80 Å². The van der Waals surface area contributed by atoms with Gasteiger partial charge in [-0.1, -0.05) is 13.8 Å². The summed E-state index contributed by atoms with van der Waals surface area (Å²) in [5, 5.41) is 4.37. The van der Waals surface area contributed by atoms with Crippen LogP contribution in [0.5, 0.6) is 0 Å². The predicted octanol–water partition coefficient (Wildman–Crippen LogP) is 1.94. The lowest BCUT2D eigenvalue weighted by molar-refractivity contribution is 0.0657. The molecule has 0 aromatic carbocycles. The van der Waals surface area contributed by atoms with Gasteiger partial charge >= 0.3 is 0 Å². The number of piperidine rings is 1. The molecule has 2 aromatic heterocycles. The van der Waals surface area contributed by atoms with Crippen molar-refractivity contribution < 1.29 is 4.79 Å². The molecular formula is C18H28N6O. The zero-order valence-electron chi connectivity index (χ0n) is 15.7. The second kappa shape index (κ2) is 7.47. The van der Waals surface area contributed by atoms with E-state index in [0.29, 0.717) is 11.7 Å². The number of fused-ring (bicyclic) bond motifs is 1. The molecule has 1 aliphatic heterocycles. The highest BCUT2D eigenvalue weighted by Crippen LogP contribution is 2.20. The van der Waals surface area contributed by atoms with Gasteiger partial charge in [-0.15, -0.1) is 5.10 Å².